The van der Waals surface area contributed by atoms with Crippen LogP contribution >= 0.6 is 24.8 Å². The number of amides is 2. The molecule has 0 radical (unpaired) electrons. The predicted octanol–water partition coefficient (Wildman–Crippen LogP) is 4.49. The number of rotatable bonds is 11. The van der Waals surface area contributed by atoms with Gasteiger partial charge in [0.2, 0.25) is 5.91 Å². The van der Waals surface area contributed by atoms with Crippen LogP contribution in [0.5, 0.6) is 0 Å². The zero-order valence-electron chi connectivity index (χ0n) is 28.0. The van der Waals surface area contributed by atoms with E-state index in [9.17, 15) is 14.4 Å². The van der Waals surface area contributed by atoms with Crippen LogP contribution in [0.15, 0.2) is 48.5 Å². The van der Waals surface area contributed by atoms with Crippen LogP contribution in [-0.2, 0) is 36.1 Å². The van der Waals surface area contributed by atoms with E-state index < -0.39 is 29.6 Å². The van der Waals surface area contributed by atoms with Crippen molar-refractivity contribution in [2.24, 2.45) is 11.5 Å². The van der Waals surface area contributed by atoms with Gasteiger partial charge in [-0.15, -0.1) is 24.8 Å². The van der Waals surface area contributed by atoms with Gasteiger partial charge in [0.15, 0.2) is 11.3 Å². The van der Waals surface area contributed by atoms with E-state index in [0.717, 1.165) is 62.0 Å². The number of benzene rings is 3. The van der Waals surface area contributed by atoms with Crippen LogP contribution in [0, 0.1) is 0 Å². The zero-order valence-corrected chi connectivity index (χ0v) is 29.6. The van der Waals surface area contributed by atoms with E-state index in [1.807, 2.05) is 31.2 Å². The minimum Gasteiger partial charge on any atom is -0.462 e. The van der Waals surface area contributed by atoms with Crippen molar-refractivity contribution in [2.45, 2.75) is 69.2 Å². The summed E-state index contributed by atoms with van der Waals surface area (Å²) in [5.74, 6) is -0.841. The van der Waals surface area contributed by atoms with Gasteiger partial charge in [0.1, 0.15) is 12.8 Å². The minimum atomic E-state index is -1.12. The van der Waals surface area contributed by atoms with Crippen molar-refractivity contribution in [3.63, 3.8) is 0 Å². The summed E-state index contributed by atoms with van der Waals surface area (Å²) >= 11 is 0. The molecule has 2 amide bonds. The molecule has 4 atom stereocenters. The average Bonchev–Trinajstić information content (AvgIpc) is 3.80. The van der Waals surface area contributed by atoms with Crippen LogP contribution in [0.4, 0.5) is 0 Å². The summed E-state index contributed by atoms with van der Waals surface area (Å²) < 4.78 is 23.9. The van der Waals surface area contributed by atoms with Gasteiger partial charge in [0.05, 0.1) is 40.1 Å². The molecular formula is C36H42Cl2N6O6. The normalized spacial score (nSPS) is 22.3. The van der Waals surface area contributed by atoms with Gasteiger partial charge in [-0.1, -0.05) is 42.8 Å². The fourth-order valence-corrected chi connectivity index (χ4v) is 8.36. The number of esters is 1. The van der Waals surface area contributed by atoms with E-state index in [1.165, 1.54) is 0 Å². The maximum atomic E-state index is 13.5. The Balaban J connectivity index is 0.00000216. The molecule has 1 fully saturated rings. The van der Waals surface area contributed by atoms with Gasteiger partial charge in [-0.3, -0.25) is 14.4 Å². The lowest BCUT2D eigenvalue weighted by atomic mass is 9.89. The summed E-state index contributed by atoms with van der Waals surface area (Å²) in [5.41, 5.74) is 14.8. The molecule has 2 aromatic heterocycles. The highest BCUT2D eigenvalue weighted by Gasteiger charge is 2.63. The molecule has 3 aromatic carbocycles. The lowest BCUT2D eigenvalue weighted by molar-refractivity contribution is -0.208. The summed E-state index contributed by atoms with van der Waals surface area (Å²) in [6, 6.07) is 15.6. The number of methoxy groups -OCH3 is 1. The molecule has 8 rings (SSSR count). The fraction of sp³-hybridized carbons (Fsp3) is 0.417. The van der Waals surface area contributed by atoms with Crippen molar-refractivity contribution in [3.05, 3.63) is 59.7 Å². The quantitative estimate of drug-likeness (QED) is 0.114. The highest BCUT2D eigenvalue weighted by Crippen LogP contribution is 2.58. The predicted molar refractivity (Wildman–Crippen MR) is 196 cm³/mol. The maximum Gasteiger partial charge on any atom is 0.307 e. The van der Waals surface area contributed by atoms with E-state index in [1.54, 1.807) is 7.11 Å². The molecule has 5 aromatic rings. The molecule has 0 saturated carbocycles. The second-order valence-corrected chi connectivity index (χ2v) is 13.3. The molecule has 12 nitrogen and oxygen atoms in total. The van der Waals surface area contributed by atoms with Crippen molar-refractivity contribution < 1.29 is 28.6 Å². The molecular weight excluding hydrogens is 683 g/mol. The molecule has 1 unspecified atom stereocenters. The van der Waals surface area contributed by atoms with Crippen LogP contribution < -0.4 is 22.1 Å². The first-order valence-corrected chi connectivity index (χ1v) is 16.7. The average molecular weight is 726 g/mol. The van der Waals surface area contributed by atoms with E-state index in [-0.39, 0.29) is 56.2 Å². The van der Waals surface area contributed by atoms with Gasteiger partial charge in [-0.05, 0) is 44.0 Å². The van der Waals surface area contributed by atoms with Crippen molar-refractivity contribution in [2.75, 3.05) is 26.8 Å². The Morgan fingerprint density at radius 2 is 1.76 bits per heavy atom. The topological polar surface area (TPSA) is 165 Å². The SMILES string of the molecule is CO[C@]1(COC(=O)CCNC(=O)C(N)CCCCN)C[C@H]2O[C@]1(C)n1c3ccccc3c3c4c(c5c6ccccc6n2c5c31)C(=O)NC4.Cl.Cl. The van der Waals surface area contributed by atoms with Gasteiger partial charge in [0, 0.05) is 48.2 Å². The van der Waals surface area contributed by atoms with Gasteiger partial charge >= 0.3 is 5.97 Å². The van der Waals surface area contributed by atoms with E-state index in [2.05, 4.69) is 44.0 Å². The van der Waals surface area contributed by atoms with Crippen LogP contribution in [0.3, 0.4) is 0 Å². The zero-order chi connectivity index (χ0) is 33.4. The van der Waals surface area contributed by atoms with Gasteiger partial charge < -0.3 is 45.4 Å². The molecule has 14 heteroatoms. The number of aromatic nitrogens is 2. The van der Waals surface area contributed by atoms with E-state index in [4.69, 9.17) is 25.7 Å². The first-order valence-electron chi connectivity index (χ1n) is 16.7. The Kier molecular flexibility index (Phi) is 9.57. The summed E-state index contributed by atoms with van der Waals surface area (Å²) in [7, 11) is 1.63. The van der Waals surface area contributed by atoms with Crippen molar-refractivity contribution in [1.29, 1.82) is 0 Å². The molecule has 266 valence electrons. The molecule has 1 saturated heterocycles. The number of nitrogens with zero attached hydrogens (tertiary/aromatic N) is 2. The lowest BCUT2D eigenvalue weighted by Gasteiger charge is -2.42. The Labute approximate surface area is 300 Å². The minimum absolute atomic E-state index is 0. The highest BCUT2D eigenvalue weighted by molar-refractivity contribution is 6.31. The number of nitrogens with two attached hydrogens (primary N) is 2. The molecule has 3 aliphatic heterocycles. The highest BCUT2D eigenvalue weighted by atomic mass is 35.5. The number of carbonyl (C=O) groups is 3. The van der Waals surface area contributed by atoms with Crippen LogP contribution in [0.25, 0.3) is 43.6 Å². The standard InChI is InChI=1S/C36H40N6O6.2ClH/c1-35-36(46-2,19-47-27(43)14-16-39-33(44)23(38)11-7-8-15-37)17-26(48-35)41-24-12-5-3-9-20(24)29-30-22(18-40-34(30)45)28-21-10-4-6-13-25(21)42(35)32(28)31(29)41;;/h3-6,9-10,12-13,23,26H,7-8,11,14-19,37-38H2,1-2H3,(H,39,44)(H,40,45);2*1H/t23?,26-,35+,36+;;/m1../s1. The third-order valence-corrected chi connectivity index (χ3v) is 10.7. The summed E-state index contributed by atoms with van der Waals surface area (Å²) in [6.07, 6.45) is 1.98. The van der Waals surface area contributed by atoms with Gasteiger partial charge in [-0.2, -0.15) is 0 Å². The monoisotopic (exact) mass is 724 g/mol. The summed E-state index contributed by atoms with van der Waals surface area (Å²) in [6.45, 7) is 3.02. The molecule has 2 bridgehead atoms. The largest absolute Gasteiger partial charge is 0.462 e. The number of halogens is 2. The Morgan fingerprint density at radius 3 is 2.48 bits per heavy atom. The number of unbranched alkanes of at least 4 members (excludes halogenated alkanes) is 1. The number of hydrogen-bond donors (Lipinski definition) is 4. The number of hydrogen-bond acceptors (Lipinski definition) is 8. The smallest absolute Gasteiger partial charge is 0.307 e. The Bertz CT molecular complexity index is 2170. The van der Waals surface area contributed by atoms with Crippen LogP contribution in [-0.4, -0.2) is 65.4 Å². The molecule has 50 heavy (non-hydrogen) atoms. The second-order valence-electron chi connectivity index (χ2n) is 13.3. The number of nitrogens with one attached hydrogen (secondary N) is 2. The van der Waals surface area contributed by atoms with E-state index in [0.29, 0.717) is 31.5 Å². The van der Waals surface area contributed by atoms with Crippen LogP contribution in [0.2, 0.25) is 0 Å². The number of fused-ring (bicyclic) bond motifs is 13. The molecule has 3 aliphatic rings. The van der Waals surface area contributed by atoms with Gasteiger partial charge in [0.25, 0.3) is 5.91 Å². The summed E-state index contributed by atoms with van der Waals surface area (Å²) in [4.78, 5) is 39.0. The third-order valence-electron chi connectivity index (χ3n) is 10.7. The molecule has 5 heterocycles. The fourth-order valence-electron chi connectivity index (χ4n) is 8.36. The van der Waals surface area contributed by atoms with Crippen LogP contribution in [0.1, 0.15) is 61.2 Å². The molecule has 0 spiro atoms. The van der Waals surface area contributed by atoms with Crippen molar-refractivity contribution in [1.82, 2.24) is 19.8 Å². The summed E-state index contributed by atoms with van der Waals surface area (Å²) in [5, 5.41) is 9.75. The van der Waals surface area contributed by atoms with E-state index >= 15 is 0 Å². The lowest BCUT2D eigenvalue weighted by Crippen LogP contribution is -2.55. The molecule has 0 aliphatic carbocycles. The Hall–Kier alpha value is -3.91. The molecule has 6 N–H and O–H groups in total. The first kappa shape index (κ1) is 35.9. The third kappa shape index (κ3) is 4.99. The first-order chi connectivity index (χ1) is 23.2. The second kappa shape index (κ2) is 13.3. The number of para-hydroxylation sites is 2. The number of carbonyl (C=O) groups excluding carboxylic acids is 3. The Morgan fingerprint density at radius 1 is 1.06 bits per heavy atom. The maximum absolute atomic E-state index is 13.5. The van der Waals surface area contributed by atoms with Crippen molar-refractivity contribution >= 4 is 86.2 Å². The van der Waals surface area contributed by atoms with Gasteiger partial charge in [-0.25, -0.2) is 0 Å². The van der Waals surface area contributed by atoms with Crippen molar-refractivity contribution in [3.8, 4) is 0 Å². The number of ether oxygens (including phenoxy) is 3.